The number of hydrogen-bond donors (Lipinski definition) is 2. The van der Waals surface area contributed by atoms with Crippen LogP contribution in [0.15, 0.2) is 6.07 Å². The van der Waals surface area contributed by atoms with Crippen LogP contribution in [-0.4, -0.2) is 43.3 Å². The minimum Gasteiger partial charge on any atom is -0.380 e. The first-order valence-electron chi connectivity index (χ1n) is 5.84. The maximum atomic E-state index is 5.66. The second kappa shape index (κ2) is 6.90. The van der Waals surface area contributed by atoms with Gasteiger partial charge >= 0.3 is 0 Å². The van der Waals surface area contributed by atoms with Crippen molar-refractivity contribution in [2.45, 2.75) is 13.8 Å². The highest BCUT2D eigenvalue weighted by molar-refractivity contribution is 5.52. The van der Waals surface area contributed by atoms with Gasteiger partial charge in [-0.25, -0.2) is 0 Å². The molecule has 0 amide bonds. The van der Waals surface area contributed by atoms with Crippen molar-refractivity contribution in [1.29, 1.82) is 0 Å². The molecule has 0 spiro atoms. The molecule has 0 radical (unpaired) electrons. The Morgan fingerprint density at radius 3 is 2.82 bits per heavy atom. The van der Waals surface area contributed by atoms with Crippen LogP contribution in [0.3, 0.4) is 0 Å². The molecule has 1 heterocycles. The third-order valence-electron chi connectivity index (χ3n) is 2.25. The van der Waals surface area contributed by atoms with Crippen molar-refractivity contribution in [2.75, 3.05) is 49.3 Å². The van der Waals surface area contributed by atoms with Crippen LogP contribution < -0.4 is 16.0 Å². The minimum atomic E-state index is 0.279. The van der Waals surface area contributed by atoms with E-state index < -0.39 is 0 Å². The molecular weight excluding hydrogens is 218 g/mol. The molecule has 0 saturated heterocycles. The van der Waals surface area contributed by atoms with Crippen LogP contribution >= 0.6 is 0 Å². The summed E-state index contributed by atoms with van der Waals surface area (Å²) in [6.07, 6.45) is 0. The van der Waals surface area contributed by atoms with Gasteiger partial charge < -0.3 is 20.7 Å². The summed E-state index contributed by atoms with van der Waals surface area (Å²) in [7, 11) is 1.95. The smallest absolute Gasteiger partial charge is 0.223 e. The third-order valence-corrected chi connectivity index (χ3v) is 2.25. The zero-order chi connectivity index (χ0) is 12.7. The predicted molar refractivity (Wildman–Crippen MR) is 70.4 cm³/mol. The number of hydrogen-bond acceptors (Lipinski definition) is 6. The lowest BCUT2D eigenvalue weighted by Crippen LogP contribution is -2.24. The van der Waals surface area contributed by atoms with Crippen LogP contribution in [0, 0.1) is 0 Å². The number of anilines is 3. The highest BCUT2D eigenvalue weighted by Gasteiger charge is 2.06. The van der Waals surface area contributed by atoms with E-state index in [1.165, 1.54) is 0 Å². The van der Waals surface area contributed by atoms with E-state index in [-0.39, 0.29) is 5.95 Å². The number of nitrogens with one attached hydrogen (secondary N) is 1. The number of nitrogen functional groups attached to an aromatic ring is 1. The van der Waals surface area contributed by atoms with Crippen LogP contribution in [0.25, 0.3) is 0 Å². The molecule has 1 aromatic rings. The number of likely N-dealkylation sites (N-methyl/N-ethyl adjacent to an activating group) is 1. The Kier molecular flexibility index (Phi) is 5.48. The van der Waals surface area contributed by atoms with E-state index in [1.807, 2.05) is 31.9 Å². The number of aromatic nitrogens is 2. The molecule has 0 fully saturated rings. The molecule has 6 heteroatoms. The zero-order valence-corrected chi connectivity index (χ0v) is 10.7. The summed E-state index contributed by atoms with van der Waals surface area (Å²) >= 11 is 0. The van der Waals surface area contributed by atoms with Crippen molar-refractivity contribution in [2.24, 2.45) is 0 Å². The van der Waals surface area contributed by atoms with Crippen molar-refractivity contribution >= 4 is 17.6 Å². The average molecular weight is 239 g/mol. The number of ether oxygens (including phenoxy) is 1. The van der Waals surface area contributed by atoms with E-state index >= 15 is 0 Å². The quantitative estimate of drug-likeness (QED) is 0.690. The Bertz CT molecular complexity index is 345. The first kappa shape index (κ1) is 13.5. The highest BCUT2D eigenvalue weighted by atomic mass is 16.5. The average Bonchev–Trinajstić information content (AvgIpc) is 2.29. The van der Waals surface area contributed by atoms with Crippen LogP contribution in [-0.2, 0) is 4.74 Å². The van der Waals surface area contributed by atoms with Gasteiger partial charge in [0.25, 0.3) is 0 Å². The fraction of sp³-hybridized carbons (Fsp3) is 0.636. The Labute approximate surface area is 102 Å². The summed E-state index contributed by atoms with van der Waals surface area (Å²) in [5.41, 5.74) is 5.66. The van der Waals surface area contributed by atoms with Crippen LogP contribution in [0.4, 0.5) is 17.6 Å². The number of nitrogens with zero attached hydrogens (tertiary/aromatic N) is 3. The standard InChI is InChI=1S/C11H21N5O/c1-4-13-9-8-10(15-11(12)14-9)16(3)6-7-17-5-2/h8H,4-7H2,1-3H3,(H3,12,13,14,15). The predicted octanol–water partition coefficient (Wildman–Crippen LogP) is 0.963. The van der Waals surface area contributed by atoms with Crippen molar-refractivity contribution in [1.82, 2.24) is 9.97 Å². The molecule has 0 unspecified atom stereocenters. The molecule has 0 saturated carbocycles. The summed E-state index contributed by atoms with van der Waals surface area (Å²) in [5, 5.41) is 3.12. The molecule has 0 aromatic carbocycles. The summed E-state index contributed by atoms with van der Waals surface area (Å²) in [5.74, 6) is 1.83. The summed E-state index contributed by atoms with van der Waals surface area (Å²) < 4.78 is 5.30. The lowest BCUT2D eigenvalue weighted by Gasteiger charge is -2.18. The Morgan fingerprint density at radius 2 is 2.18 bits per heavy atom. The third kappa shape index (κ3) is 4.44. The fourth-order valence-corrected chi connectivity index (χ4v) is 1.38. The van der Waals surface area contributed by atoms with Gasteiger partial charge in [-0.1, -0.05) is 0 Å². The monoisotopic (exact) mass is 239 g/mol. The SMILES string of the molecule is CCNc1cc(N(C)CCOCC)nc(N)n1. The van der Waals surface area contributed by atoms with E-state index in [0.717, 1.165) is 31.3 Å². The largest absolute Gasteiger partial charge is 0.380 e. The van der Waals surface area contributed by atoms with Gasteiger partial charge in [-0.3, -0.25) is 0 Å². The number of nitrogens with two attached hydrogens (primary N) is 1. The molecule has 6 nitrogen and oxygen atoms in total. The van der Waals surface area contributed by atoms with Crippen LogP contribution in [0.2, 0.25) is 0 Å². The Morgan fingerprint density at radius 1 is 1.41 bits per heavy atom. The first-order valence-corrected chi connectivity index (χ1v) is 5.84. The molecule has 17 heavy (non-hydrogen) atoms. The Hall–Kier alpha value is -1.56. The minimum absolute atomic E-state index is 0.279. The van der Waals surface area contributed by atoms with E-state index in [4.69, 9.17) is 10.5 Å². The van der Waals surface area contributed by atoms with E-state index in [2.05, 4.69) is 15.3 Å². The lowest BCUT2D eigenvalue weighted by molar-refractivity contribution is 0.154. The van der Waals surface area contributed by atoms with Gasteiger partial charge in [0, 0.05) is 32.8 Å². The summed E-state index contributed by atoms with van der Waals surface area (Å²) in [4.78, 5) is 10.3. The fourth-order valence-electron chi connectivity index (χ4n) is 1.38. The van der Waals surface area contributed by atoms with Gasteiger partial charge in [-0.15, -0.1) is 0 Å². The number of rotatable bonds is 7. The van der Waals surface area contributed by atoms with E-state index in [9.17, 15) is 0 Å². The van der Waals surface area contributed by atoms with Crippen molar-refractivity contribution in [3.63, 3.8) is 0 Å². The zero-order valence-electron chi connectivity index (χ0n) is 10.7. The second-order valence-electron chi connectivity index (χ2n) is 3.62. The van der Waals surface area contributed by atoms with Crippen molar-refractivity contribution in [3.05, 3.63) is 6.07 Å². The lowest BCUT2D eigenvalue weighted by atomic mass is 10.4. The second-order valence-corrected chi connectivity index (χ2v) is 3.62. The molecule has 96 valence electrons. The van der Waals surface area contributed by atoms with Gasteiger partial charge in [0.1, 0.15) is 11.6 Å². The molecule has 0 bridgehead atoms. The van der Waals surface area contributed by atoms with Crippen LogP contribution in [0.5, 0.6) is 0 Å². The molecule has 3 N–H and O–H groups in total. The van der Waals surface area contributed by atoms with Crippen molar-refractivity contribution < 1.29 is 4.74 Å². The molecule has 0 aliphatic carbocycles. The van der Waals surface area contributed by atoms with E-state index in [1.54, 1.807) is 0 Å². The van der Waals surface area contributed by atoms with E-state index in [0.29, 0.717) is 6.61 Å². The molecule has 0 aliphatic rings. The first-order chi connectivity index (χ1) is 8.17. The maximum absolute atomic E-state index is 5.66. The molecule has 0 atom stereocenters. The Balaban J connectivity index is 2.67. The van der Waals surface area contributed by atoms with Gasteiger partial charge in [-0.2, -0.15) is 9.97 Å². The molecular formula is C11H21N5O. The highest BCUT2D eigenvalue weighted by Crippen LogP contribution is 2.15. The van der Waals surface area contributed by atoms with Gasteiger partial charge in [0.05, 0.1) is 6.61 Å². The molecule has 1 rings (SSSR count). The molecule has 0 aliphatic heterocycles. The topological polar surface area (TPSA) is 76.3 Å². The van der Waals surface area contributed by atoms with Gasteiger partial charge in [0.15, 0.2) is 0 Å². The summed E-state index contributed by atoms with van der Waals surface area (Å²) in [6.45, 7) is 6.97. The molecule has 1 aromatic heterocycles. The van der Waals surface area contributed by atoms with Gasteiger partial charge in [0.2, 0.25) is 5.95 Å². The summed E-state index contributed by atoms with van der Waals surface area (Å²) in [6, 6.07) is 1.88. The van der Waals surface area contributed by atoms with Gasteiger partial charge in [-0.05, 0) is 13.8 Å². The van der Waals surface area contributed by atoms with Crippen molar-refractivity contribution in [3.8, 4) is 0 Å². The van der Waals surface area contributed by atoms with Crippen LogP contribution in [0.1, 0.15) is 13.8 Å². The normalized spacial score (nSPS) is 10.3. The maximum Gasteiger partial charge on any atom is 0.223 e.